The molecule has 116 valence electrons. The number of benzene rings is 1. The number of halogens is 1. The number of carbonyl (C=O) groups excluding carboxylic acids is 1. The topological polar surface area (TPSA) is 74.8 Å². The van der Waals surface area contributed by atoms with E-state index < -0.39 is 5.92 Å². The van der Waals surface area contributed by atoms with Crippen LogP contribution in [-0.2, 0) is 4.79 Å². The Morgan fingerprint density at radius 2 is 2.09 bits per heavy atom. The lowest BCUT2D eigenvalue weighted by Crippen LogP contribution is -2.31. The summed E-state index contributed by atoms with van der Waals surface area (Å²) in [5, 5.41) is 2.97. The number of nitrogens with zero attached hydrogens (tertiary/aromatic N) is 1. The minimum atomic E-state index is -0.456. The number of amides is 1. The van der Waals surface area contributed by atoms with Gasteiger partial charge in [-0.15, -0.1) is 6.42 Å². The molecule has 1 aliphatic rings. The van der Waals surface area contributed by atoms with Crippen LogP contribution in [0.15, 0.2) is 34.2 Å². The summed E-state index contributed by atoms with van der Waals surface area (Å²) < 4.78 is 13.1. The molecular formula is C16H12FN3O2S. The molecule has 2 N–H and O–H groups in total. The monoisotopic (exact) mass is 329 g/mol. The number of terminal acetylenes is 1. The molecule has 2 aromatic rings. The third kappa shape index (κ3) is 3.12. The normalized spacial score (nSPS) is 16.3. The van der Waals surface area contributed by atoms with Gasteiger partial charge >= 0.3 is 0 Å². The molecule has 0 unspecified atom stereocenters. The lowest BCUT2D eigenvalue weighted by molar-refractivity contribution is -0.116. The Labute approximate surface area is 135 Å². The van der Waals surface area contributed by atoms with Gasteiger partial charge in [-0.3, -0.25) is 9.59 Å². The molecular weight excluding hydrogens is 317 g/mol. The molecule has 0 saturated heterocycles. The molecule has 1 atom stereocenters. The number of carbonyl (C=O) groups is 1. The van der Waals surface area contributed by atoms with Crippen LogP contribution in [0, 0.1) is 18.2 Å². The number of hydrogen-bond acceptors (Lipinski definition) is 4. The van der Waals surface area contributed by atoms with E-state index in [-0.39, 0.29) is 29.5 Å². The molecule has 3 rings (SSSR count). The molecule has 1 amide bonds. The fraction of sp³-hybridized carbons (Fsp3) is 0.188. The zero-order valence-corrected chi connectivity index (χ0v) is 12.7. The first-order chi connectivity index (χ1) is 11.1. The van der Waals surface area contributed by atoms with Crippen molar-refractivity contribution in [2.75, 3.05) is 11.1 Å². The van der Waals surface area contributed by atoms with Gasteiger partial charge in [0.05, 0.1) is 11.3 Å². The van der Waals surface area contributed by atoms with Crippen molar-refractivity contribution in [2.24, 2.45) is 0 Å². The van der Waals surface area contributed by atoms with Gasteiger partial charge in [-0.2, -0.15) is 0 Å². The number of hydrogen-bond donors (Lipinski definition) is 2. The summed E-state index contributed by atoms with van der Waals surface area (Å²) in [5.74, 6) is 1.97. The Hall–Kier alpha value is -2.59. The van der Waals surface area contributed by atoms with Gasteiger partial charge < -0.3 is 10.3 Å². The maximum Gasteiger partial charge on any atom is 0.257 e. The molecule has 0 saturated carbocycles. The van der Waals surface area contributed by atoms with Gasteiger partial charge in [0.15, 0.2) is 5.16 Å². The van der Waals surface area contributed by atoms with Gasteiger partial charge in [-0.25, -0.2) is 9.37 Å². The minimum Gasteiger partial charge on any atom is -0.310 e. The predicted octanol–water partition coefficient (Wildman–Crippen LogP) is 2.11. The molecule has 0 aliphatic carbocycles. The highest BCUT2D eigenvalue weighted by Crippen LogP contribution is 2.34. The summed E-state index contributed by atoms with van der Waals surface area (Å²) >= 11 is 1.20. The number of nitrogens with one attached hydrogen (secondary N) is 2. The number of aromatic nitrogens is 2. The Kier molecular flexibility index (Phi) is 4.17. The van der Waals surface area contributed by atoms with Crippen molar-refractivity contribution in [1.29, 1.82) is 0 Å². The number of anilines is 1. The van der Waals surface area contributed by atoms with Crippen LogP contribution in [0.3, 0.4) is 0 Å². The second-order valence-electron chi connectivity index (χ2n) is 4.98. The van der Waals surface area contributed by atoms with E-state index in [0.29, 0.717) is 22.0 Å². The van der Waals surface area contributed by atoms with Crippen molar-refractivity contribution in [2.45, 2.75) is 17.5 Å². The fourth-order valence-corrected chi connectivity index (χ4v) is 3.05. The molecule has 2 heterocycles. The van der Waals surface area contributed by atoms with E-state index in [2.05, 4.69) is 21.2 Å². The molecule has 0 spiro atoms. The van der Waals surface area contributed by atoms with Crippen molar-refractivity contribution in [3.8, 4) is 12.3 Å². The van der Waals surface area contributed by atoms with Crippen LogP contribution in [0.5, 0.6) is 0 Å². The van der Waals surface area contributed by atoms with Crippen LogP contribution >= 0.6 is 11.8 Å². The van der Waals surface area contributed by atoms with Gasteiger partial charge in [0.1, 0.15) is 11.6 Å². The number of H-pyrrole nitrogens is 1. The van der Waals surface area contributed by atoms with Gasteiger partial charge in [-0.05, 0) is 17.7 Å². The lowest BCUT2D eigenvalue weighted by atomic mass is 9.87. The van der Waals surface area contributed by atoms with Crippen LogP contribution in [0.25, 0.3) is 0 Å². The molecule has 0 bridgehead atoms. The highest BCUT2D eigenvalue weighted by atomic mass is 32.2. The zero-order chi connectivity index (χ0) is 16.4. The third-order valence-corrected chi connectivity index (χ3v) is 4.27. The minimum absolute atomic E-state index is 0.111. The molecule has 23 heavy (non-hydrogen) atoms. The average molecular weight is 329 g/mol. The second-order valence-corrected chi connectivity index (χ2v) is 5.95. The third-order valence-electron chi connectivity index (χ3n) is 3.49. The molecule has 7 heteroatoms. The Morgan fingerprint density at radius 3 is 2.78 bits per heavy atom. The molecule has 0 radical (unpaired) electrons. The first-order valence-electron chi connectivity index (χ1n) is 6.84. The van der Waals surface area contributed by atoms with Gasteiger partial charge in [0, 0.05) is 12.3 Å². The van der Waals surface area contributed by atoms with Crippen LogP contribution in [-0.4, -0.2) is 21.6 Å². The quantitative estimate of drug-likeness (QED) is 0.514. The molecule has 1 aromatic heterocycles. The summed E-state index contributed by atoms with van der Waals surface area (Å²) in [5.41, 5.74) is 0.740. The summed E-state index contributed by atoms with van der Waals surface area (Å²) in [7, 11) is 0. The van der Waals surface area contributed by atoms with E-state index in [1.165, 1.54) is 23.9 Å². The first-order valence-corrected chi connectivity index (χ1v) is 7.83. The van der Waals surface area contributed by atoms with Crippen molar-refractivity contribution in [3.05, 3.63) is 51.6 Å². The highest BCUT2D eigenvalue weighted by molar-refractivity contribution is 7.99. The summed E-state index contributed by atoms with van der Waals surface area (Å²) in [6, 6.07) is 5.76. The number of aromatic amines is 1. The lowest BCUT2D eigenvalue weighted by Gasteiger charge is -2.24. The van der Waals surface area contributed by atoms with E-state index in [1.54, 1.807) is 12.1 Å². The standard InChI is InChI=1S/C16H12FN3O2S/c1-2-7-23-16-19-14-13(15(22)20-16)11(8-12(21)18-14)9-3-5-10(17)6-4-9/h1,3-6,11H,7-8H2,(H2,18,19,20,21,22)/t11-/m1/s1. The Balaban J connectivity index is 2.07. The molecule has 5 nitrogen and oxygen atoms in total. The van der Waals surface area contributed by atoms with E-state index in [1.807, 2.05) is 0 Å². The number of rotatable bonds is 3. The van der Waals surface area contributed by atoms with Crippen molar-refractivity contribution >= 4 is 23.5 Å². The van der Waals surface area contributed by atoms with Gasteiger partial charge in [0.25, 0.3) is 5.56 Å². The zero-order valence-electron chi connectivity index (χ0n) is 11.9. The van der Waals surface area contributed by atoms with Crippen molar-refractivity contribution in [1.82, 2.24) is 9.97 Å². The molecule has 0 fully saturated rings. The molecule has 1 aromatic carbocycles. The largest absolute Gasteiger partial charge is 0.310 e. The smallest absolute Gasteiger partial charge is 0.257 e. The maximum atomic E-state index is 13.1. The van der Waals surface area contributed by atoms with Crippen LogP contribution in [0.1, 0.15) is 23.5 Å². The average Bonchev–Trinajstić information content (AvgIpc) is 2.52. The van der Waals surface area contributed by atoms with Gasteiger partial charge in [-0.1, -0.05) is 29.8 Å². The number of thioether (sulfide) groups is 1. The summed E-state index contributed by atoms with van der Waals surface area (Å²) in [4.78, 5) is 31.3. The fourth-order valence-electron chi connectivity index (χ4n) is 2.51. The van der Waals surface area contributed by atoms with Crippen LogP contribution in [0.2, 0.25) is 0 Å². The van der Waals surface area contributed by atoms with Crippen LogP contribution < -0.4 is 10.9 Å². The van der Waals surface area contributed by atoms with E-state index in [4.69, 9.17) is 6.42 Å². The maximum absolute atomic E-state index is 13.1. The first kappa shape index (κ1) is 15.3. The second kappa shape index (κ2) is 6.26. The predicted molar refractivity (Wildman–Crippen MR) is 85.9 cm³/mol. The highest BCUT2D eigenvalue weighted by Gasteiger charge is 2.30. The van der Waals surface area contributed by atoms with Gasteiger partial charge in [0.2, 0.25) is 5.91 Å². The summed E-state index contributed by atoms with van der Waals surface area (Å²) in [6.45, 7) is 0. The molecule has 1 aliphatic heterocycles. The Morgan fingerprint density at radius 1 is 1.35 bits per heavy atom. The van der Waals surface area contributed by atoms with Crippen molar-refractivity contribution in [3.63, 3.8) is 0 Å². The summed E-state index contributed by atoms with van der Waals surface area (Å²) in [6.07, 6.45) is 5.30. The van der Waals surface area contributed by atoms with E-state index in [0.717, 1.165) is 0 Å². The Bertz CT molecular complexity index is 855. The number of fused-ring (bicyclic) bond motifs is 1. The van der Waals surface area contributed by atoms with E-state index in [9.17, 15) is 14.0 Å². The van der Waals surface area contributed by atoms with Crippen molar-refractivity contribution < 1.29 is 9.18 Å². The van der Waals surface area contributed by atoms with E-state index >= 15 is 0 Å². The SMILES string of the molecule is C#CCSc1nc2c(c(=O)[nH]1)[C@@H](c1ccc(F)cc1)CC(=O)N2. The van der Waals surface area contributed by atoms with Crippen LogP contribution in [0.4, 0.5) is 10.2 Å².